The molecule has 0 amide bonds. The fourth-order valence-electron chi connectivity index (χ4n) is 7.60. The molecule has 0 atom stereocenters. The molecule has 52 heavy (non-hydrogen) atoms. The molecule has 0 bridgehead atoms. The summed E-state index contributed by atoms with van der Waals surface area (Å²) in [6.07, 6.45) is 0. The van der Waals surface area contributed by atoms with Gasteiger partial charge in [0.15, 0.2) is 17.5 Å². The Kier molecular flexibility index (Phi) is 6.39. The topological polar surface area (TPSA) is 51.8 Å². The molecular weight excluding hydrogens is 655 g/mol. The zero-order valence-electron chi connectivity index (χ0n) is 27.7. The summed E-state index contributed by atoms with van der Waals surface area (Å²) >= 11 is 1.79. The lowest BCUT2D eigenvalue weighted by molar-refractivity contribution is 0.669. The predicted molar refractivity (Wildman–Crippen MR) is 217 cm³/mol. The van der Waals surface area contributed by atoms with Crippen molar-refractivity contribution >= 4 is 75.0 Å². The molecule has 5 heteroatoms. The molecule has 3 heterocycles. The summed E-state index contributed by atoms with van der Waals surface area (Å²) in [5.74, 6) is 1.86. The first-order chi connectivity index (χ1) is 25.7. The Morgan fingerprint density at radius 2 is 0.981 bits per heavy atom. The van der Waals surface area contributed by atoms with Gasteiger partial charge in [-0.2, -0.15) is 0 Å². The van der Waals surface area contributed by atoms with Gasteiger partial charge in [0.05, 0.1) is 0 Å². The van der Waals surface area contributed by atoms with E-state index in [4.69, 9.17) is 19.4 Å². The van der Waals surface area contributed by atoms with E-state index in [1.54, 1.807) is 11.3 Å². The number of nitrogens with zero attached hydrogens (tertiary/aromatic N) is 3. The van der Waals surface area contributed by atoms with Crippen LogP contribution in [-0.2, 0) is 0 Å². The summed E-state index contributed by atoms with van der Waals surface area (Å²) in [5.41, 5.74) is 6.58. The van der Waals surface area contributed by atoms with Crippen molar-refractivity contribution in [2.24, 2.45) is 0 Å². The fourth-order valence-corrected chi connectivity index (χ4v) is 8.73. The molecule has 0 radical (unpaired) electrons. The van der Waals surface area contributed by atoms with Gasteiger partial charge >= 0.3 is 0 Å². The molecule has 3 aromatic heterocycles. The highest BCUT2D eigenvalue weighted by Crippen LogP contribution is 2.42. The van der Waals surface area contributed by atoms with Crippen LogP contribution in [0.2, 0.25) is 0 Å². The molecule has 4 nitrogen and oxygen atoms in total. The van der Waals surface area contributed by atoms with Crippen LogP contribution in [-0.4, -0.2) is 15.0 Å². The SMILES string of the molecule is c1ccc2cc(-c3cc(-c4nc(-c5ccc6ccccc6c5)nc(-c5cccc6sc7ccccc7c56)n4)c4c(c3)oc3ccccc34)ccc2c1. The summed E-state index contributed by atoms with van der Waals surface area (Å²) in [5, 5.41) is 9.07. The summed E-state index contributed by atoms with van der Waals surface area (Å²) < 4.78 is 9.01. The van der Waals surface area contributed by atoms with Crippen LogP contribution < -0.4 is 0 Å². The molecular formula is C47H27N3OS. The van der Waals surface area contributed by atoms with E-state index in [9.17, 15) is 0 Å². The number of hydrogen-bond acceptors (Lipinski definition) is 5. The van der Waals surface area contributed by atoms with Crippen molar-refractivity contribution in [1.82, 2.24) is 15.0 Å². The fraction of sp³-hybridized carbons (Fsp3) is 0. The van der Waals surface area contributed by atoms with Gasteiger partial charge in [0.2, 0.25) is 0 Å². The Hall–Kier alpha value is -6.69. The van der Waals surface area contributed by atoms with E-state index < -0.39 is 0 Å². The molecule has 0 N–H and O–H groups in total. The van der Waals surface area contributed by atoms with Crippen LogP contribution >= 0.6 is 11.3 Å². The number of hydrogen-bond donors (Lipinski definition) is 0. The first-order valence-electron chi connectivity index (χ1n) is 17.3. The first-order valence-corrected chi connectivity index (χ1v) is 18.2. The van der Waals surface area contributed by atoms with Crippen molar-refractivity contribution in [1.29, 1.82) is 0 Å². The van der Waals surface area contributed by atoms with Crippen LogP contribution in [0.15, 0.2) is 168 Å². The minimum absolute atomic E-state index is 0.601. The first kappa shape index (κ1) is 29.1. The lowest BCUT2D eigenvalue weighted by Gasteiger charge is -2.12. The largest absolute Gasteiger partial charge is 0.456 e. The van der Waals surface area contributed by atoms with Crippen LogP contribution in [0.1, 0.15) is 0 Å². The Morgan fingerprint density at radius 3 is 1.79 bits per heavy atom. The van der Waals surface area contributed by atoms with Crippen molar-refractivity contribution < 1.29 is 4.42 Å². The molecule has 0 unspecified atom stereocenters. The maximum absolute atomic E-state index is 6.57. The molecule has 0 aliphatic heterocycles. The third-order valence-electron chi connectivity index (χ3n) is 10.1. The van der Waals surface area contributed by atoms with Crippen molar-refractivity contribution in [3.63, 3.8) is 0 Å². The Bertz CT molecular complexity index is 3210. The molecule has 0 aliphatic carbocycles. The van der Waals surface area contributed by atoms with Gasteiger partial charge in [-0.1, -0.05) is 121 Å². The van der Waals surface area contributed by atoms with E-state index in [2.05, 4.69) is 152 Å². The molecule has 0 fully saturated rings. The van der Waals surface area contributed by atoms with Crippen molar-refractivity contribution in [2.75, 3.05) is 0 Å². The summed E-state index contributed by atoms with van der Waals surface area (Å²) in [6, 6.07) is 57.5. The number of thiophene rings is 1. The monoisotopic (exact) mass is 681 g/mol. The minimum Gasteiger partial charge on any atom is -0.456 e. The molecule has 11 aromatic rings. The third kappa shape index (κ3) is 4.64. The number of rotatable bonds is 4. The molecule has 11 rings (SSSR count). The number of para-hydroxylation sites is 1. The lowest BCUT2D eigenvalue weighted by atomic mass is 9.96. The van der Waals surface area contributed by atoms with Gasteiger partial charge < -0.3 is 4.42 Å². The highest BCUT2D eigenvalue weighted by Gasteiger charge is 2.21. The van der Waals surface area contributed by atoms with E-state index in [1.165, 1.54) is 30.9 Å². The van der Waals surface area contributed by atoms with E-state index in [1.807, 2.05) is 12.1 Å². The summed E-state index contributed by atoms with van der Waals surface area (Å²) in [6.45, 7) is 0. The molecule has 0 saturated heterocycles. The average molecular weight is 682 g/mol. The van der Waals surface area contributed by atoms with Crippen molar-refractivity contribution in [3.8, 4) is 45.3 Å². The maximum atomic E-state index is 6.57. The van der Waals surface area contributed by atoms with Crippen molar-refractivity contribution in [3.05, 3.63) is 164 Å². The van der Waals surface area contributed by atoms with Crippen LogP contribution in [0.5, 0.6) is 0 Å². The Balaban J connectivity index is 1.22. The van der Waals surface area contributed by atoms with Gasteiger partial charge in [-0.3, -0.25) is 0 Å². The number of aromatic nitrogens is 3. The average Bonchev–Trinajstić information content (AvgIpc) is 3.78. The number of furan rings is 1. The van der Waals surface area contributed by atoms with Crippen molar-refractivity contribution in [2.45, 2.75) is 0 Å². The number of fused-ring (bicyclic) bond motifs is 8. The Morgan fingerprint density at radius 1 is 0.365 bits per heavy atom. The molecule has 8 aromatic carbocycles. The normalized spacial score (nSPS) is 11.8. The van der Waals surface area contributed by atoms with Gasteiger partial charge in [0.25, 0.3) is 0 Å². The lowest BCUT2D eigenvalue weighted by Crippen LogP contribution is -2.01. The highest BCUT2D eigenvalue weighted by atomic mass is 32.1. The quantitative estimate of drug-likeness (QED) is 0.185. The highest BCUT2D eigenvalue weighted by molar-refractivity contribution is 7.25. The zero-order chi connectivity index (χ0) is 34.2. The predicted octanol–water partition coefficient (Wildman–Crippen LogP) is 13.1. The second-order valence-corrected chi connectivity index (χ2v) is 14.3. The van der Waals surface area contributed by atoms with E-state index >= 15 is 0 Å². The van der Waals surface area contributed by atoms with Gasteiger partial charge in [0.1, 0.15) is 11.2 Å². The minimum atomic E-state index is 0.601. The molecule has 0 spiro atoms. The number of benzene rings is 8. The zero-order valence-corrected chi connectivity index (χ0v) is 28.6. The second kappa shape index (κ2) is 11.4. The maximum Gasteiger partial charge on any atom is 0.164 e. The van der Waals surface area contributed by atoms with E-state index in [0.717, 1.165) is 60.5 Å². The van der Waals surface area contributed by atoms with Gasteiger partial charge in [-0.15, -0.1) is 11.3 Å². The standard InChI is InChI=1S/C47H27N3OS/c1-3-12-30-24-32(22-20-28(30)10-1)34-26-38(43-35-14-5-7-17-39(35)51-40(43)27-34)47-49-45(33-23-21-29-11-2-4-13-31(29)25-33)48-46(50-47)37-16-9-19-42-44(37)36-15-6-8-18-41(36)52-42/h1-27H. The Labute approximate surface area is 302 Å². The summed E-state index contributed by atoms with van der Waals surface area (Å²) in [7, 11) is 0. The molecule has 0 saturated carbocycles. The molecule has 0 aliphatic rings. The van der Waals surface area contributed by atoms with Crippen LogP contribution in [0.25, 0.3) is 109 Å². The van der Waals surface area contributed by atoms with Crippen LogP contribution in [0.3, 0.4) is 0 Å². The second-order valence-electron chi connectivity index (χ2n) is 13.2. The van der Waals surface area contributed by atoms with Crippen LogP contribution in [0, 0.1) is 0 Å². The van der Waals surface area contributed by atoms with Gasteiger partial charge in [-0.25, -0.2) is 15.0 Å². The van der Waals surface area contributed by atoms with Gasteiger partial charge in [0, 0.05) is 47.6 Å². The smallest absolute Gasteiger partial charge is 0.164 e. The van der Waals surface area contributed by atoms with Crippen LogP contribution in [0.4, 0.5) is 0 Å². The van der Waals surface area contributed by atoms with E-state index in [-0.39, 0.29) is 0 Å². The molecule has 242 valence electrons. The van der Waals surface area contributed by atoms with E-state index in [0.29, 0.717) is 17.5 Å². The van der Waals surface area contributed by atoms with Gasteiger partial charge in [-0.05, 0) is 75.1 Å². The summed E-state index contributed by atoms with van der Waals surface area (Å²) in [4.78, 5) is 15.9. The third-order valence-corrected chi connectivity index (χ3v) is 11.2.